The van der Waals surface area contributed by atoms with E-state index in [2.05, 4.69) is 10.4 Å². The first kappa shape index (κ1) is 30.7. The summed E-state index contributed by atoms with van der Waals surface area (Å²) in [6.07, 6.45) is -2.43. The number of rotatable bonds is 8. The molecule has 38 heavy (non-hydrogen) atoms. The molecule has 1 aromatic carbocycles. The molecule has 1 aromatic heterocycles. The highest BCUT2D eigenvalue weighted by Gasteiger charge is 2.47. The number of aryl methyl sites for hydroxylation is 1. The molecule has 2 aromatic rings. The number of nitrogens with one attached hydrogen (secondary N) is 1. The molecule has 212 valence electrons. The van der Waals surface area contributed by atoms with Gasteiger partial charge in [-0.25, -0.2) is 8.42 Å². The van der Waals surface area contributed by atoms with Gasteiger partial charge >= 0.3 is 6.18 Å². The number of hydrogen-bond acceptors (Lipinski definition) is 5. The first-order valence-corrected chi connectivity index (χ1v) is 14.9. The zero-order valence-corrected chi connectivity index (χ0v) is 24.0. The second-order valence-electron chi connectivity index (χ2n) is 10.6. The first-order chi connectivity index (χ1) is 17.4. The molecule has 0 unspecified atom stereocenters. The van der Waals surface area contributed by atoms with Gasteiger partial charge in [-0.1, -0.05) is 49.2 Å². The Labute approximate surface area is 230 Å². The summed E-state index contributed by atoms with van der Waals surface area (Å²) in [7, 11) is -3.20. The lowest BCUT2D eigenvalue weighted by Crippen LogP contribution is -2.47. The van der Waals surface area contributed by atoms with Gasteiger partial charge in [-0.15, -0.1) is 0 Å². The van der Waals surface area contributed by atoms with Gasteiger partial charge in [0.15, 0.2) is 5.69 Å². The minimum Gasteiger partial charge on any atom is -0.388 e. The van der Waals surface area contributed by atoms with E-state index in [1.165, 1.54) is 17.0 Å². The smallest absolute Gasteiger partial charge is 0.388 e. The average molecular weight is 599 g/mol. The molecule has 0 aliphatic heterocycles. The second kappa shape index (κ2) is 11.0. The monoisotopic (exact) mass is 597 g/mol. The van der Waals surface area contributed by atoms with Crippen molar-refractivity contribution >= 4 is 38.9 Å². The molecule has 0 saturated heterocycles. The van der Waals surface area contributed by atoms with Gasteiger partial charge in [0.05, 0.1) is 32.0 Å². The van der Waals surface area contributed by atoms with Crippen molar-refractivity contribution in [3.05, 3.63) is 39.5 Å². The third-order valence-corrected chi connectivity index (χ3v) is 9.51. The summed E-state index contributed by atoms with van der Waals surface area (Å²) >= 11 is 13.0. The highest BCUT2D eigenvalue weighted by molar-refractivity contribution is 7.91. The number of aliphatic hydroxyl groups is 1. The Morgan fingerprint density at radius 1 is 1.24 bits per heavy atom. The van der Waals surface area contributed by atoms with Crippen LogP contribution in [0.15, 0.2) is 18.2 Å². The van der Waals surface area contributed by atoms with E-state index >= 15 is 0 Å². The number of hydrogen-bond donors (Lipinski definition) is 2. The van der Waals surface area contributed by atoms with Gasteiger partial charge in [0, 0.05) is 24.9 Å². The van der Waals surface area contributed by atoms with Crippen LogP contribution in [0.2, 0.25) is 10.0 Å². The lowest BCUT2D eigenvalue weighted by atomic mass is 9.84. The van der Waals surface area contributed by atoms with E-state index in [0.717, 1.165) is 13.8 Å². The molecular weight excluding hydrogens is 566 g/mol. The van der Waals surface area contributed by atoms with Gasteiger partial charge in [0.2, 0.25) is 0 Å². The summed E-state index contributed by atoms with van der Waals surface area (Å²) in [5.74, 6) is -0.623. The minimum atomic E-state index is -4.38. The van der Waals surface area contributed by atoms with Gasteiger partial charge in [-0.2, -0.15) is 18.3 Å². The van der Waals surface area contributed by atoms with E-state index < -0.39 is 38.2 Å². The SMILES string of the molecule is CCn1nc(C(=O)NC[C@]2(O)CC[C@@H](S(C)(=O)=O)CC2)c(Cl)c1-c1ccc(CC(C)(C)C(F)(F)F)cc1Cl. The van der Waals surface area contributed by atoms with Crippen LogP contribution in [0.3, 0.4) is 0 Å². The van der Waals surface area contributed by atoms with E-state index in [9.17, 15) is 31.5 Å². The molecule has 0 atom stereocenters. The summed E-state index contributed by atoms with van der Waals surface area (Å²) in [6, 6.07) is 4.56. The van der Waals surface area contributed by atoms with E-state index in [1.807, 2.05) is 0 Å². The van der Waals surface area contributed by atoms with Crippen molar-refractivity contribution in [2.75, 3.05) is 12.8 Å². The van der Waals surface area contributed by atoms with Crippen LogP contribution in [0, 0.1) is 5.41 Å². The lowest BCUT2D eigenvalue weighted by molar-refractivity contribution is -0.211. The molecule has 0 spiro atoms. The number of aromatic nitrogens is 2. The predicted octanol–water partition coefficient (Wildman–Crippen LogP) is 5.46. The Bertz CT molecular complexity index is 1300. The summed E-state index contributed by atoms with van der Waals surface area (Å²) in [4.78, 5) is 13.0. The number of nitrogens with zero attached hydrogens (tertiary/aromatic N) is 2. The van der Waals surface area contributed by atoms with Gasteiger partial charge in [-0.3, -0.25) is 9.48 Å². The van der Waals surface area contributed by atoms with Crippen molar-refractivity contribution in [3.63, 3.8) is 0 Å². The van der Waals surface area contributed by atoms with Gasteiger partial charge < -0.3 is 10.4 Å². The van der Waals surface area contributed by atoms with E-state index in [4.69, 9.17) is 23.2 Å². The Balaban J connectivity index is 1.79. The number of halogens is 5. The Morgan fingerprint density at radius 2 is 1.84 bits per heavy atom. The summed E-state index contributed by atoms with van der Waals surface area (Å²) < 4.78 is 65.0. The number of sulfone groups is 1. The zero-order valence-electron chi connectivity index (χ0n) is 21.6. The Hall–Kier alpha value is -1.82. The number of carbonyl (C=O) groups is 1. The fourth-order valence-electron chi connectivity index (χ4n) is 4.60. The Morgan fingerprint density at radius 3 is 2.34 bits per heavy atom. The molecule has 1 amide bonds. The van der Waals surface area contributed by atoms with Crippen LogP contribution in [0.25, 0.3) is 11.3 Å². The molecular formula is C25H32Cl2F3N3O4S. The van der Waals surface area contributed by atoms with Crippen LogP contribution in [-0.4, -0.2) is 59.0 Å². The van der Waals surface area contributed by atoms with Crippen LogP contribution >= 0.6 is 23.2 Å². The van der Waals surface area contributed by atoms with Crippen LogP contribution < -0.4 is 5.32 Å². The number of amides is 1. The molecule has 1 fully saturated rings. The molecule has 0 bridgehead atoms. The molecule has 13 heteroatoms. The fourth-order valence-corrected chi connectivity index (χ4v) is 6.31. The second-order valence-corrected chi connectivity index (χ2v) is 13.7. The quantitative estimate of drug-likeness (QED) is 0.421. The van der Waals surface area contributed by atoms with Gasteiger partial charge in [-0.05, 0) is 50.7 Å². The van der Waals surface area contributed by atoms with Crippen LogP contribution in [0.5, 0.6) is 0 Å². The van der Waals surface area contributed by atoms with Crippen LogP contribution in [0.4, 0.5) is 13.2 Å². The third kappa shape index (κ3) is 6.66. The molecule has 3 rings (SSSR count). The standard InChI is InChI=1S/C25H32Cl2F3N3O4S/c1-5-33-21(17-7-6-15(12-18(17)26)13-23(2,3)25(28,29)30)19(27)20(32-33)22(34)31-14-24(35)10-8-16(9-11-24)38(4,36)37/h6-7,12,16,35H,5,8-11,13-14H2,1-4H3,(H,31,34)/t16-,24+. The molecule has 1 aliphatic carbocycles. The highest BCUT2D eigenvalue weighted by Crippen LogP contribution is 2.42. The molecule has 1 heterocycles. The largest absolute Gasteiger partial charge is 0.394 e. The third-order valence-electron chi connectivity index (χ3n) is 7.16. The predicted molar refractivity (Wildman–Crippen MR) is 141 cm³/mol. The maximum atomic E-state index is 13.3. The van der Waals surface area contributed by atoms with Crippen molar-refractivity contribution in [3.8, 4) is 11.3 Å². The van der Waals surface area contributed by atoms with Crippen LogP contribution in [0.1, 0.15) is 62.5 Å². The molecule has 1 aliphatic rings. The number of alkyl halides is 3. The fraction of sp³-hybridized carbons (Fsp3) is 0.600. The van der Waals surface area contributed by atoms with Crippen molar-refractivity contribution < 1.29 is 31.5 Å². The number of benzene rings is 1. The van der Waals surface area contributed by atoms with E-state index in [1.54, 1.807) is 19.1 Å². The van der Waals surface area contributed by atoms with Gasteiger partial charge in [0.25, 0.3) is 5.91 Å². The molecule has 1 saturated carbocycles. The number of carbonyl (C=O) groups excluding carboxylic acids is 1. The topological polar surface area (TPSA) is 101 Å². The maximum absolute atomic E-state index is 13.3. The summed E-state index contributed by atoms with van der Waals surface area (Å²) in [6.45, 7) is 4.26. The maximum Gasteiger partial charge on any atom is 0.394 e. The first-order valence-electron chi connectivity index (χ1n) is 12.2. The van der Waals surface area contributed by atoms with E-state index in [0.29, 0.717) is 36.2 Å². The van der Waals surface area contributed by atoms with Crippen molar-refractivity contribution in [1.82, 2.24) is 15.1 Å². The van der Waals surface area contributed by atoms with Crippen molar-refractivity contribution in [2.24, 2.45) is 5.41 Å². The summed E-state index contributed by atoms with van der Waals surface area (Å²) in [5.41, 5.74) is -2.12. The molecule has 2 N–H and O–H groups in total. The highest BCUT2D eigenvalue weighted by atomic mass is 35.5. The van der Waals surface area contributed by atoms with E-state index in [-0.39, 0.29) is 41.5 Å². The van der Waals surface area contributed by atoms with Crippen LogP contribution in [-0.2, 0) is 22.8 Å². The zero-order chi connectivity index (χ0) is 28.7. The normalized spacial score (nSPS) is 20.9. The summed E-state index contributed by atoms with van der Waals surface area (Å²) in [5, 5.41) is 17.5. The molecule has 7 nitrogen and oxygen atoms in total. The van der Waals surface area contributed by atoms with Crippen molar-refractivity contribution in [2.45, 2.75) is 76.4 Å². The minimum absolute atomic E-state index is 0.0161. The molecule has 0 radical (unpaired) electrons. The Kier molecular flexibility index (Phi) is 8.88. The van der Waals surface area contributed by atoms with Crippen molar-refractivity contribution in [1.29, 1.82) is 0 Å². The van der Waals surface area contributed by atoms with Gasteiger partial charge in [0.1, 0.15) is 9.84 Å². The average Bonchev–Trinajstić information content (AvgIpc) is 3.12. The lowest BCUT2D eigenvalue weighted by Gasteiger charge is -2.35.